The number of carbonyl (C=O) groups is 3. The van der Waals surface area contributed by atoms with Gasteiger partial charge in [0.05, 0.1) is 25.2 Å². The van der Waals surface area contributed by atoms with Gasteiger partial charge in [-0.15, -0.1) is 0 Å². The van der Waals surface area contributed by atoms with Crippen LogP contribution in [-0.2, 0) is 23.9 Å². The Morgan fingerprint density at radius 2 is 2.00 bits per heavy atom. The van der Waals surface area contributed by atoms with Crippen LogP contribution in [0.5, 0.6) is 0 Å². The van der Waals surface area contributed by atoms with Crippen LogP contribution in [-0.4, -0.2) is 62.1 Å². The molecule has 7 nitrogen and oxygen atoms in total. The number of ether oxygens (including phenoxy) is 2. The molecule has 0 aromatic rings. The quantitative estimate of drug-likeness (QED) is 0.526. The van der Waals surface area contributed by atoms with E-state index in [1.165, 1.54) is 14.2 Å². The Bertz CT molecular complexity index is 388. The Labute approximate surface area is 124 Å². The third-order valence-corrected chi connectivity index (χ3v) is 3.95. The van der Waals surface area contributed by atoms with Crippen LogP contribution in [0.4, 0.5) is 0 Å². The van der Waals surface area contributed by atoms with E-state index in [0.717, 1.165) is 19.3 Å². The van der Waals surface area contributed by atoms with Gasteiger partial charge in [-0.05, 0) is 19.8 Å². The molecule has 0 saturated carbocycles. The molecule has 3 unspecified atom stereocenters. The summed E-state index contributed by atoms with van der Waals surface area (Å²) in [6, 6.07) is -0.824. The highest BCUT2D eigenvalue weighted by Gasteiger charge is 2.37. The number of hydrogen-bond acceptors (Lipinski definition) is 5. The molecule has 120 valence electrons. The van der Waals surface area contributed by atoms with E-state index >= 15 is 0 Å². The second-order valence-corrected chi connectivity index (χ2v) is 5.30. The SMILES string of the molecule is COC(=O)[C@H](C)NC(=O)C(C)C(OC)C1CCCN1C=O. The maximum Gasteiger partial charge on any atom is 0.328 e. The van der Waals surface area contributed by atoms with Gasteiger partial charge in [-0.25, -0.2) is 4.79 Å². The third-order valence-electron chi connectivity index (χ3n) is 3.95. The van der Waals surface area contributed by atoms with Crippen LogP contribution in [0, 0.1) is 5.92 Å². The highest BCUT2D eigenvalue weighted by molar-refractivity contribution is 5.85. The molecule has 21 heavy (non-hydrogen) atoms. The number of hydrogen-bond donors (Lipinski definition) is 1. The number of esters is 1. The molecule has 1 aliphatic heterocycles. The van der Waals surface area contributed by atoms with Gasteiger partial charge >= 0.3 is 5.97 Å². The molecule has 0 aromatic heterocycles. The molecule has 1 fully saturated rings. The van der Waals surface area contributed by atoms with Crippen LogP contribution >= 0.6 is 0 Å². The number of carbonyl (C=O) groups excluding carboxylic acids is 3. The molecule has 0 radical (unpaired) electrons. The van der Waals surface area contributed by atoms with E-state index in [1.807, 2.05) is 0 Å². The molecular weight excluding hydrogens is 276 g/mol. The monoisotopic (exact) mass is 300 g/mol. The summed E-state index contributed by atoms with van der Waals surface area (Å²) >= 11 is 0. The Morgan fingerprint density at radius 3 is 2.52 bits per heavy atom. The number of methoxy groups -OCH3 is 2. The smallest absolute Gasteiger partial charge is 0.328 e. The van der Waals surface area contributed by atoms with Crippen molar-refractivity contribution >= 4 is 18.3 Å². The summed E-state index contributed by atoms with van der Waals surface area (Å²) in [5.74, 6) is -1.27. The zero-order chi connectivity index (χ0) is 16.0. The first-order valence-corrected chi connectivity index (χ1v) is 7.08. The van der Waals surface area contributed by atoms with Gasteiger partial charge in [0.15, 0.2) is 0 Å². The Hall–Kier alpha value is -1.63. The lowest BCUT2D eigenvalue weighted by atomic mass is 9.95. The van der Waals surface area contributed by atoms with Gasteiger partial charge in [-0.3, -0.25) is 9.59 Å². The number of amides is 2. The molecule has 2 amide bonds. The van der Waals surface area contributed by atoms with E-state index in [-0.39, 0.29) is 11.9 Å². The summed E-state index contributed by atoms with van der Waals surface area (Å²) in [7, 11) is 2.80. The highest BCUT2D eigenvalue weighted by Crippen LogP contribution is 2.25. The molecule has 1 saturated heterocycles. The van der Waals surface area contributed by atoms with Crippen molar-refractivity contribution < 1.29 is 23.9 Å². The maximum atomic E-state index is 12.2. The predicted molar refractivity (Wildman–Crippen MR) is 75.4 cm³/mol. The van der Waals surface area contributed by atoms with Crippen LogP contribution in [0.15, 0.2) is 0 Å². The zero-order valence-corrected chi connectivity index (χ0v) is 13.0. The van der Waals surface area contributed by atoms with Crippen molar-refractivity contribution in [2.24, 2.45) is 5.92 Å². The van der Waals surface area contributed by atoms with Crippen LogP contribution in [0.1, 0.15) is 26.7 Å². The molecule has 0 aromatic carbocycles. The number of nitrogens with one attached hydrogen (secondary N) is 1. The minimum Gasteiger partial charge on any atom is -0.467 e. The van der Waals surface area contributed by atoms with Crippen LogP contribution in [0.2, 0.25) is 0 Å². The summed E-state index contributed by atoms with van der Waals surface area (Å²) in [5.41, 5.74) is 0. The number of rotatable bonds is 7. The van der Waals surface area contributed by atoms with E-state index in [1.54, 1.807) is 18.7 Å². The fourth-order valence-electron chi connectivity index (χ4n) is 2.72. The highest BCUT2D eigenvalue weighted by atomic mass is 16.5. The molecule has 7 heteroatoms. The van der Waals surface area contributed by atoms with E-state index in [4.69, 9.17) is 4.74 Å². The minimum atomic E-state index is -0.715. The second-order valence-electron chi connectivity index (χ2n) is 5.30. The first-order valence-electron chi connectivity index (χ1n) is 7.08. The summed E-state index contributed by atoms with van der Waals surface area (Å²) in [4.78, 5) is 36.3. The lowest BCUT2D eigenvalue weighted by Gasteiger charge is -2.32. The molecular formula is C14H24N2O5. The summed E-state index contributed by atoms with van der Waals surface area (Å²) in [6.07, 6.45) is 2.10. The van der Waals surface area contributed by atoms with Crippen LogP contribution in [0.25, 0.3) is 0 Å². The van der Waals surface area contributed by atoms with Crippen molar-refractivity contribution in [1.29, 1.82) is 0 Å². The van der Waals surface area contributed by atoms with Gasteiger partial charge in [0.2, 0.25) is 12.3 Å². The largest absolute Gasteiger partial charge is 0.467 e. The van der Waals surface area contributed by atoms with Crippen molar-refractivity contribution in [3.8, 4) is 0 Å². The van der Waals surface area contributed by atoms with Gasteiger partial charge in [0.25, 0.3) is 0 Å². The first-order chi connectivity index (χ1) is 9.96. The minimum absolute atomic E-state index is 0.110. The lowest BCUT2D eigenvalue weighted by molar-refractivity contribution is -0.146. The standard InChI is InChI=1S/C14H24N2O5/c1-9(13(18)15-10(2)14(19)21-4)12(20-3)11-6-5-7-16(11)8-17/h8-12H,5-7H2,1-4H3,(H,15,18)/t9?,10-,11?,12?/m0/s1. The predicted octanol–water partition coefficient (Wildman–Crippen LogP) is -0.0640. The van der Waals surface area contributed by atoms with Crippen molar-refractivity contribution in [1.82, 2.24) is 10.2 Å². The van der Waals surface area contributed by atoms with E-state index in [0.29, 0.717) is 6.54 Å². The second kappa shape index (κ2) is 7.97. The van der Waals surface area contributed by atoms with Gasteiger partial charge in [0.1, 0.15) is 6.04 Å². The normalized spacial score (nSPS) is 22.3. The summed E-state index contributed by atoms with van der Waals surface area (Å²) in [6.45, 7) is 3.97. The molecule has 0 aliphatic carbocycles. The van der Waals surface area contributed by atoms with E-state index in [2.05, 4.69) is 10.1 Å². The Kier molecular flexibility index (Phi) is 6.61. The third kappa shape index (κ3) is 4.17. The summed E-state index contributed by atoms with van der Waals surface area (Å²) in [5, 5.41) is 2.60. The van der Waals surface area contributed by atoms with E-state index in [9.17, 15) is 14.4 Å². The zero-order valence-electron chi connectivity index (χ0n) is 13.0. The lowest BCUT2D eigenvalue weighted by Crippen LogP contribution is -2.50. The van der Waals surface area contributed by atoms with Gasteiger partial charge in [-0.1, -0.05) is 6.92 Å². The average Bonchev–Trinajstić information content (AvgIpc) is 2.95. The molecule has 0 spiro atoms. The van der Waals surface area contributed by atoms with Gasteiger partial charge in [0, 0.05) is 13.7 Å². The van der Waals surface area contributed by atoms with Gasteiger partial charge < -0.3 is 19.7 Å². The molecule has 0 bridgehead atoms. The summed E-state index contributed by atoms with van der Waals surface area (Å²) < 4.78 is 10.0. The Morgan fingerprint density at radius 1 is 1.33 bits per heavy atom. The molecule has 4 atom stereocenters. The molecule has 1 heterocycles. The average molecular weight is 300 g/mol. The van der Waals surface area contributed by atoms with E-state index < -0.39 is 24.0 Å². The van der Waals surface area contributed by atoms with Crippen LogP contribution < -0.4 is 5.32 Å². The topological polar surface area (TPSA) is 84.9 Å². The first kappa shape index (κ1) is 17.4. The molecule has 1 aliphatic rings. The molecule has 1 N–H and O–H groups in total. The van der Waals surface area contributed by atoms with Crippen molar-refractivity contribution in [3.63, 3.8) is 0 Å². The maximum absolute atomic E-state index is 12.2. The van der Waals surface area contributed by atoms with Crippen molar-refractivity contribution in [2.45, 2.75) is 44.9 Å². The van der Waals surface area contributed by atoms with Crippen molar-refractivity contribution in [3.05, 3.63) is 0 Å². The van der Waals surface area contributed by atoms with Crippen LogP contribution in [0.3, 0.4) is 0 Å². The van der Waals surface area contributed by atoms with Crippen molar-refractivity contribution in [2.75, 3.05) is 20.8 Å². The van der Waals surface area contributed by atoms with Gasteiger partial charge in [-0.2, -0.15) is 0 Å². The molecule has 1 rings (SSSR count). The Balaban J connectivity index is 2.69. The fourth-order valence-corrected chi connectivity index (χ4v) is 2.72. The number of nitrogens with zero attached hydrogens (tertiary/aromatic N) is 1. The number of likely N-dealkylation sites (tertiary alicyclic amines) is 1. The fraction of sp³-hybridized carbons (Fsp3) is 0.786.